The lowest BCUT2D eigenvalue weighted by Crippen LogP contribution is -2.50. The van der Waals surface area contributed by atoms with Gasteiger partial charge in [0.2, 0.25) is 5.91 Å². The Labute approximate surface area is 190 Å². The van der Waals surface area contributed by atoms with E-state index in [0.717, 1.165) is 47.9 Å². The van der Waals surface area contributed by atoms with Crippen molar-refractivity contribution in [3.05, 3.63) is 64.5 Å². The van der Waals surface area contributed by atoms with Crippen LogP contribution in [0.2, 0.25) is 0 Å². The number of nitrogens with one attached hydrogen (secondary N) is 1. The molecular weight excluding hydrogens is 407 g/mol. The number of ether oxygens (including phenoxy) is 1. The summed E-state index contributed by atoms with van der Waals surface area (Å²) in [5.74, 6) is -0.134. The zero-order valence-corrected chi connectivity index (χ0v) is 19.4. The SMILES string of the molecule is Cc1cc(C)c(C)c(OCC(=O)N(Cc2ccc(F)cc2)[C@H](C)C(=O)NC2CCCC2)c1. The smallest absolute Gasteiger partial charge is 0.261 e. The summed E-state index contributed by atoms with van der Waals surface area (Å²) in [4.78, 5) is 27.6. The second-order valence-electron chi connectivity index (χ2n) is 8.81. The molecule has 0 bridgehead atoms. The van der Waals surface area contributed by atoms with Crippen molar-refractivity contribution < 1.29 is 18.7 Å². The number of hydrogen-bond donors (Lipinski definition) is 1. The number of rotatable bonds is 8. The predicted molar refractivity (Wildman–Crippen MR) is 123 cm³/mol. The Kier molecular flexibility index (Phi) is 7.89. The zero-order chi connectivity index (χ0) is 23.3. The summed E-state index contributed by atoms with van der Waals surface area (Å²) in [6.45, 7) is 7.71. The molecule has 3 rings (SSSR count). The van der Waals surface area contributed by atoms with E-state index in [9.17, 15) is 14.0 Å². The molecule has 1 aliphatic rings. The van der Waals surface area contributed by atoms with Gasteiger partial charge in [0.05, 0.1) is 0 Å². The second kappa shape index (κ2) is 10.6. The molecule has 6 heteroatoms. The van der Waals surface area contributed by atoms with Crippen molar-refractivity contribution in [2.24, 2.45) is 0 Å². The van der Waals surface area contributed by atoms with E-state index in [4.69, 9.17) is 4.74 Å². The maximum Gasteiger partial charge on any atom is 0.261 e. The van der Waals surface area contributed by atoms with Gasteiger partial charge in [0.1, 0.15) is 17.6 Å². The van der Waals surface area contributed by atoms with Crippen molar-refractivity contribution in [3.8, 4) is 5.75 Å². The monoisotopic (exact) mass is 440 g/mol. The molecule has 0 spiro atoms. The van der Waals surface area contributed by atoms with Gasteiger partial charge in [0.15, 0.2) is 6.61 Å². The van der Waals surface area contributed by atoms with Crippen LogP contribution in [0.3, 0.4) is 0 Å². The number of aryl methyl sites for hydroxylation is 2. The van der Waals surface area contributed by atoms with Gasteiger partial charge in [-0.15, -0.1) is 0 Å². The quantitative estimate of drug-likeness (QED) is 0.652. The third kappa shape index (κ3) is 6.09. The number of nitrogens with zero attached hydrogens (tertiary/aromatic N) is 1. The highest BCUT2D eigenvalue weighted by Gasteiger charge is 2.29. The molecule has 0 radical (unpaired) electrons. The Morgan fingerprint density at radius 1 is 1.12 bits per heavy atom. The summed E-state index contributed by atoms with van der Waals surface area (Å²) in [6, 6.07) is 9.46. The van der Waals surface area contributed by atoms with E-state index in [0.29, 0.717) is 5.75 Å². The van der Waals surface area contributed by atoms with E-state index in [2.05, 4.69) is 11.4 Å². The van der Waals surface area contributed by atoms with E-state index in [1.54, 1.807) is 19.1 Å². The fraction of sp³-hybridized carbons (Fsp3) is 0.462. The average Bonchev–Trinajstić information content (AvgIpc) is 3.27. The molecule has 0 aliphatic heterocycles. The van der Waals surface area contributed by atoms with E-state index >= 15 is 0 Å². The molecule has 5 nitrogen and oxygen atoms in total. The van der Waals surface area contributed by atoms with Gasteiger partial charge in [0, 0.05) is 12.6 Å². The van der Waals surface area contributed by atoms with Gasteiger partial charge in [-0.2, -0.15) is 0 Å². The molecule has 2 amide bonds. The Balaban J connectivity index is 1.74. The Morgan fingerprint density at radius 3 is 2.44 bits per heavy atom. The van der Waals surface area contributed by atoms with Crippen molar-refractivity contribution in [3.63, 3.8) is 0 Å². The average molecular weight is 441 g/mol. The Hall–Kier alpha value is -2.89. The van der Waals surface area contributed by atoms with Crippen LogP contribution in [0.4, 0.5) is 4.39 Å². The minimum atomic E-state index is -0.669. The maximum absolute atomic E-state index is 13.3. The van der Waals surface area contributed by atoms with Crippen molar-refractivity contribution >= 4 is 11.8 Å². The summed E-state index contributed by atoms with van der Waals surface area (Å²) in [5, 5.41) is 3.07. The first-order chi connectivity index (χ1) is 15.2. The summed E-state index contributed by atoms with van der Waals surface area (Å²) in [7, 11) is 0. The van der Waals surface area contributed by atoms with Crippen LogP contribution in [-0.2, 0) is 16.1 Å². The molecule has 1 N–H and O–H groups in total. The standard InChI is InChI=1S/C26H33FN2O3/c1-17-13-18(2)19(3)24(14-17)32-16-25(30)29(15-21-9-11-22(27)12-10-21)20(4)26(31)28-23-7-5-6-8-23/h9-14,20,23H,5-8,15-16H2,1-4H3,(H,28,31)/t20-/m1/s1. The largest absolute Gasteiger partial charge is 0.483 e. The lowest BCUT2D eigenvalue weighted by atomic mass is 10.1. The highest BCUT2D eigenvalue weighted by molar-refractivity contribution is 5.88. The zero-order valence-electron chi connectivity index (χ0n) is 19.4. The van der Waals surface area contributed by atoms with Gasteiger partial charge >= 0.3 is 0 Å². The summed E-state index contributed by atoms with van der Waals surface area (Å²) < 4.78 is 19.2. The van der Waals surface area contributed by atoms with Gasteiger partial charge < -0.3 is 15.0 Å². The highest BCUT2D eigenvalue weighted by Crippen LogP contribution is 2.24. The molecule has 1 atom stereocenters. The first-order valence-electron chi connectivity index (χ1n) is 11.3. The molecule has 0 heterocycles. The number of hydrogen-bond acceptors (Lipinski definition) is 3. The molecule has 2 aromatic carbocycles. The minimum absolute atomic E-state index is 0.168. The van der Waals surface area contributed by atoms with Crippen LogP contribution in [0.25, 0.3) is 0 Å². The molecule has 32 heavy (non-hydrogen) atoms. The predicted octanol–water partition coefficient (Wildman–Crippen LogP) is 4.61. The number of halogens is 1. The van der Waals surface area contributed by atoms with Crippen molar-refractivity contribution in [1.82, 2.24) is 10.2 Å². The normalized spacial score (nSPS) is 14.8. The van der Waals surface area contributed by atoms with E-state index in [-0.39, 0.29) is 36.8 Å². The fourth-order valence-corrected chi connectivity index (χ4v) is 4.13. The van der Waals surface area contributed by atoms with Crippen LogP contribution in [0, 0.1) is 26.6 Å². The molecular formula is C26H33FN2O3. The van der Waals surface area contributed by atoms with Gasteiger partial charge in [-0.25, -0.2) is 4.39 Å². The van der Waals surface area contributed by atoms with E-state index < -0.39 is 6.04 Å². The van der Waals surface area contributed by atoms with Gasteiger partial charge in [-0.1, -0.05) is 31.0 Å². The molecule has 0 unspecified atom stereocenters. The van der Waals surface area contributed by atoms with Crippen molar-refractivity contribution in [2.45, 2.75) is 72.0 Å². The molecule has 1 aliphatic carbocycles. The fourth-order valence-electron chi connectivity index (χ4n) is 4.13. The first kappa shape index (κ1) is 23.8. The Bertz CT molecular complexity index is 952. The summed E-state index contributed by atoms with van der Waals surface area (Å²) in [6.07, 6.45) is 4.17. The van der Waals surface area contributed by atoms with E-state index in [1.807, 2.05) is 26.8 Å². The van der Waals surface area contributed by atoms with Gasteiger partial charge in [-0.3, -0.25) is 9.59 Å². The van der Waals surface area contributed by atoms with Crippen LogP contribution in [0.5, 0.6) is 5.75 Å². The van der Waals surface area contributed by atoms with Crippen LogP contribution in [0.15, 0.2) is 36.4 Å². The van der Waals surface area contributed by atoms with Crippen LogP contribution in [-0.4, -0.2) is 35.4 Å². The van der Waals surface area contributed by atoms with Crippen LogP contribution < -0.4 is 10.1 Å². The lowest BCUT2D eigenvalue weighted by Gasteiger charge is -2.30. The van der Waals surface area contributed by atoms with Crippen molar-refractivity contribution in [2.75, 3.05) is 6.61 Å². The van der Waals surface area contributed by atoms with Gasteiger partial charge in [0.25, 0.3) is 5.91 Å². The molecule has 0 saturated heterocycles. The summed E-state index contributed by atoms with van der Waals surface area (Å²) in [5.41, 5.74) is 3.89. The number of carbonyl (C=O) groups excluding carboxylic acids is 2. The van der Waals surface area contributed by atoms with Crippen LogP contribution in [0.1, 0.15) is 54.9 Å². The molecule has 0 aromatic heterocycles. The van der Waals surface area contributed by atoms with Gasteiger partial charge in [-0.05, 0) is 81.0 Å². The Morgan fingerprint density at radius 2 is 1.78 bits per heavy atom. The third-order valence-electron chi connectivity index (χ3n) is 6.25. The van der Waals surface area contributed by atoms with Crippen LogP contribution >= 0.6 is 0 Å². The third-order valence-corrected chi connectivity index (χ3v) is 6.25. The maximum atomic E-state index is 13.3. The molecule has 2 aromatic rings. The minimum Gasteiger partial charge on any atom is -0.483 e. The van der Waals surface area contributed by atoms with Crippen molar-refractivity contribution in [1.29, 1.82) is 0 Å². The first-order valence-corrected chi connectivity index (χ1v) is 11.3. The summed E-state index contributed by atoms with van der Waals surface area (Å²) >= 11 is 0. The topological polar surface area (TPSA) is 58.6 Å². The molecule has 1 saturated carbocycles. The second-order valence-corrected chi connectivity index (χ2v) is 8.81. The number of benzene rings is 2. The number of amides is 2. The lowest BCUT2D eigenvalue weighted by molar-refractivity contribution is -0.142. The van der Waals surface area contributed by atoms with E-state index in [1.165, 1.54) is 17.0 Å². The highest BCUT2D eigenvalue weighted by atomic mass is 19.1. The molecule has 172 valence electrons. The number of carbonyl (C=O) groups is 2. The molecule has 1 fully saturated rings.